The smallest absolute Gasteiger partial charge is 0.335 e. The number of aromatic nitrogens is 3. The van der Waals surface area contributed by atoms with Crippen molar-refractivity contribution in [2.45, 2.75) is 6.92 Å². The van der Waals surface area contributed by atoms with E-state index in [1.165, 1.54) is 24.5 Å². The van der Waals surface area contributed by atoms with Gasteiger partial charge in [0, 0.05) is 18.0 Å². The molecule has 0 bridgehead atoms. The molecule has 0 spiro atoms. The van der Waals surface area contributed by atoms with E-state index >= 15 is 0 Å². The molecule has 136 valence electrons. The Balaban J connectivity index is 1.96. The van der Waals surface area contributed by atoms with Crippen molar-refractivity contribution in [1.29, 1.82) is 0 Å². The average molecular weight is 365 g/mol. The van der Waals surface area contributed by atoms with Gasteiger partial charge >= 0.3 is 5.69 Å². The minimum absolute atomic E-state index is 0.270. The second-order valence-electron chi connectivity index (χ2n) is 5.55. The number of amides is 1. The standard InChI is InChI=1S/C18H15N5O4/c1-11-4-2-3-5-14(11)23-17(26)13(16(25)21-18(23)27)10-20-22-15(24)12-6-8-19-9-7-12/h2-10,26H,1H3,(H,22,24)(H,21,25,27)/b20-10-. The second kappa shape index (κ2) is 7.48. The van der Waals surface area contributed by atoms with Gasteiger partial charge in [-0.1, -0.05) is 18.2 Å². The molecule has 0 aliphatic rings. The highest BCUT2D eigenvalue weighted by Crippen LogP contribution is 2.18. The van der Waals surface area contributed by atoms with Crippen molar-refractivity contribution in [2.24, 2.45) is 5.10 Å². The molecule has 0 fully saturated rings. The van der Waals surface area contributed by atoms with E-state index in [4.69, 9.17) is 0 Å². The lowest BCUT2D eigenvalue weighted by atomic mass is 10.2. The molecule has 0 aliphatic heterocycles. The van der Waals surface area contributed by atoms with Crippen molar-refractivity contribution in [3.63, 3.8) is 0 Å². The highest BCUT2D eigenvalue weighted by atomic mass is 16.3. The molecule has 9 nitrogen and oxygen atoms in total. The van der Waals surface area contributed by atoms with Crippen molar-refractivity contribution in [3.05, 3.63) is 86.3 Å². The summed E-state index contributed by atoms with van der Waals surface area (Å²) in [4.78, 5) is 42.1. The van der Waals surface area contributed by atoms with Crippen LogP contribution in [0.5, 0.6) is 5.88 Å². The first-order valence-electron chi connectivity index (χ1n) is 7.87. The Labute approximate surface area is 152 Å². The normalized spacial score (nSPS) is 10.9. The Kier molecular flexibility index (Phi) is 4.93. The molecule has 3 rings (SSSR count). The summed E-state index contributed by atoms with van der Waals surface area (Å²) in [5, 5.41) is 14.1. The van der Waals surface area contributed by atoms with Crippen LogP contribution in [-0.2, 0) is 0 Å². The minimum Gasteiger partial charge on any atom is -0.493 e. The van der Waals surface area contributed by atoms with E-state index in [1.807, 2.05) is 0 Å². The predicted molar refractivity (Wildman–Crippen MR) is 98.4 cm³/mol. The van der Waals surface area contributed by atoms with Gasteiger partial charge in [0.2, 0.25) is 5.88 Å². The summed E-state index contributed by atoms with van der Waals surface area (Å²) in [6, 6.07) is 9.85. The summed E-state index contributed by atoms with van der Waals surface area (Å²) < 4.78 is 0.961. The van der Waals surface area contributed by atoms with Gasteiger partial charge in [0.25, 0.3) is 11.5 Å². The van der Waals surface area contributed by atoms with Crippen LogP contribution < -0.4 is 16.7 Å². The number of carbonyl (C=O) groups excluding carboxylic acids is 1. The number of nitrogens with zero attached hydrogens (tertiary/aromatic N) is 3. The van der Waals surface area contributed by atoms with E-state index in [0.29, 0.717) is 11.3 Å². The number of hydrogen-bond acceptors (Lipinski definition) is 6. The number of nitrogens with one attached hydrogen (secondary N) is 2. The van der Waals surface area contributed by atoms with Gasteiger partial charge in [-0.2, -0.15) is 5.10 Å². The van der Waals surface area contributed by atoms with Crippen LogP contribution in [-0.4, -0.2) is 31.8 Å². The first-order chi connectivity index (χ1) is 13.0. The number of benzene rings is 1. The predicted octanol–water partition coefficient (Wildman–Crippen LogP) is 0.699. The monoisotopic (exact) mass is 365 g/mol. The quantitative estimate of drug-likeness (QED) is 0.463. The Hall–Kier alpha value is -4.01. The Morgan fingerprint density at radius 1 is 1.22 bits per heavy atom. The van der Waals surface area contributed by atoms with Gasteiger partial charge in [0.05, 0.1) is 11.9 Å². The SMILES string of the molecule is Cc1ccccc1-n1c(O)c(/C=N\NC(=O)c2ccncc2)c(=O)[nH]c1=O. The minimum atomic E-state index is -0.829. The van der Waals surface area contributed by atoms with Crippen LogP contribution >= 0.6 is 0 Å². The van der Waals surface area contributed by atoms with Crippen LogP contribution in [0.1, 0.15) is 21.5 Å². The van der Waals surface area contributed by atoms with E-state index in [-0.39, 0.29) is 5.56 Å². The van der Waals surface area contributed by atoms with E-state index in [0.717, 1.165) is 16.3 Å². The molecule has 3 N–H and O–H groups in total. The molecule has 0 saturated heterocycles. The summed E-state index contributed by atoms with van der Waals surface area (Å²) in [7, 11) is 0. The molecule has 2 aromatic heterocycles. The number of rotatable bonds is 4. The molecular formula is C18H15N5O4. The van der Waals surface area contributed by atoms with Gasteiger partial charge in [-0.15, -0.1) is 0 Å². The van der Waals surface area contributed by atoms with E-state index in [1.54, 1.807) is 31.2 Å². The molecule has 0 aliphatic carbocycles. The van der Waals surface area contributed by atoms with E-state index < -0.39 is 23.0 Å². The summed E-state index contributed by atoms with van der Waals surface area (Å²) in [6.07, 6.45) is 3.88. The van der Waals surface area contributed by atoms with E-state index in [2.05, 4.69) is 20.5 Å². The summed E-state index contributed by atoms with van der Waals surface area (Å²) in [5.74, 6) is -1.10. The zero-order chi connectivity index (χ0) is 19.4. The van der Waals surface area contributed by atoms with Gasteiger partial charge in [0.1, 0.15) is 5.56 Å². The first kappa shape index (κ1) is 17.8. The zero-order valence-corrected chi connectivity index (χ0v) is 14.2. The Bertz CT molecular complexity index is 1130. The fraction of sp³-hybridized carbons (Fsp3) is 0.0556. The molecule has 9 heteroatoms. The van der Waals surface area contributed by atoms with Crippen LogP contribution in [0.2, 0.25) is 0 Å². The van der Waals surface area contributed by atoms with Gasteiger partial charge < -0.3 is 5.11 Å². The van der Waals surface area contributed by atoms with Crippen LogP contribution in [0.25, 0.3) is 5.69 Å². The van der Waals surface area contributed by atoms with Gasteiger partial charge in [-0.3, -0.25) is 19.6 Å². The molecule has 1 amide bonds. The number of H-pyrrole nitrogens is 1. The number of aryl methyl sites for hydroxylation is 1. The fourth-order valence-electron chi connectivity index (χ4n) is 2.42. The highest BCUT2D eigenvalue weighted by Gasteiger charge is 2.15. The second-order valence-corrected chi connectivity index (χ2v) is 5.55. The van der Waals surface area contributed by atoms with Crippen molar-refractivity contribution >= 4 is 12.1 Å². The van der Waals surface area contributed by atoms with Gasteiger partial charge in [0.15, 0.2) is 0 Å². The third kappa shape index (κ3) is 3.66. The molecule has 1 aromatic carbocycles. The Morgan fingerprint density at radius 2 is 1.93 bits per heavy atom. The number of carbonyl (C=O) groups is 1. The summed E-state index contributed by atoms with van der Waals surface area (Å²) >= 11 is 0. The lowest BCUT2D eigenvalue weighted by molar-refractivity contribution is 0.0955. The van der Waals surface area contributed by atoms with Crippen molar-refractivity contribution in [2.75, 3.05) is 0 Å². The number of para-hydroxylation sites is 1. The highest BCUT2D eigenvalue weighted by molar-refractivity contribution is 5.94. The van der Waals surface area contributed by atoms with Crippen LogP contribution in [0.3, 0.4) is 0 Å². The Morgan fingerprint density at radius 3 is 2.63 bits per heavy atom. The number of hydrogen-bond donors (Lipinski definition) is 3. The number of pyridine rings is 1. The lowest BCUT2D eigenvalue weighted by Gasteiger charge is -2.11. The summed E-state index contributed by atoms with van der Waals surface area (Å²) in [6.45, 7) is 1.76. The molecule has 0 radical (unpaired) electrons. The van der Waals surface area contributed by atoms with Gasteiger partial charge in [-0.25, -0.2) is 14.8 Å². The molecule has 2 heterocycles. The van der Waals surface area contributed by atoms with Crippen LogP contribution in [0.15, 0.2) is 63.5 Å². The first-order valence-corrected chi connectivity index (χ1v) is 7.87. The van der Waals surface area contributed by atoms with Crippen molar-refractivity contribution in [3.8, 4) is 11.6 Å². The largest absolute Gasteiger partial charge is 0.493 e. The van der Waals surface area contributed by atoms with Crippen LogP contribution in [0, 0.1) is 6.92 Å². The maximum atomic E-state index is 12.2. The third-order valence-electron chi connectivity index (χ3n) is 3.78. The molecule has 3 aromatic rings. The number of hydrazone groups is 1. The van der Waals surface area contributed by atoms with Gasteiger partial charge in [-0.05, 0) is 30.7 Å². The topological polar surface area (TPSA) is 129 Å². The third-order valence-corrected chi connectivity index (χ3v) is 3.78. The lowest BCUT2D eigenvalue weighted by Crippen LogP contribution is -2.32. The number of aromatic hydroxyl groups is 1. The maximum absolute atomic E-state index is 12.2. The molecular weight excluding hydrogens is 350 g/mol. The molecule has 0 saturated carbocycles. The number of aromatic amines is 1. The van der Waals surface area contributed by atoms with Crippen LogP contribution in [0.4, 0.5) is 0 Å². The fourth-order valence-corrected chi connectivity index (χ4v) is 2.42. The zero-order valence-electron chi connectivity index (χ0n) is 14.2. The van der Waals surface area contributed by atoms with E-state index in [9.17, 15) is 19.5 Å². The molecule has 0 unspecified atom stereocenters. The van der Waals surface area contributed by atoms with Crippen molar-refractivity contribution < 1.29 is 9.90 Å². The molecule has 27 heavy (non-hydrogen) atoms. The maximum Gasteiger partial charge on any atom is 0.335 e. The van der Waals surface area contributed by atoms with Crippen molar-refractivity contribution in [1.82, 2.24) is 20.0 Å². The molecule has 0 atom stereocenters. The average Bonchev–Trinajstić information content (AvgIpc) is 2.66. The summed E-state index contributed by atoms with van der Waals surface area (Å²) in [5.41, 5.74) is 1.80.